The van der Waals surface area contributed by atoms with Crippen LogP contribution in [0.3, 0.4) is 0 Å². The molecule has 5 heteroatoms. The molecule has 1 aromatic heterocycles. The Labute approximate surface area is 128 Å². The van der Waals surface area contributed by atoms with Gasteiger partial charge in [0.1, 0.15) is 5.75 Å². The molecule has 21 heavy (non-hydrogen) atoms. The number of ether oxygens (including phenoxy) is 1. The average molecular weight is 300 g/mol. The van der Waals surface area contributed by atoms with Crippen molar-refractivity contribution in [3.63, 3.8) is 0 Å². The van der Waals surface area contributed by atoms with E-state index in [0.717, 1.165) is 10.4 Å². The zero-order chi connectivity index (χ0) is 15.1. The summed E-state index contributed by atoms with van der Waals surface area (Å²) < 4.78 is 5.27. The molecule has 2 aromatic rings. The third-order valence-corrected chi connectivity index (χ3v) is 3.56. The van der Waals surface area contributed by atoms with Crippen LogP contribution in [0.4, 0.5) is 4.79 Å². The molecule has 0 atom stereocenters. The van der Waals surface area contributed by atoms with Crippen molar-refractivity contribution in [2.24, 2.45) is 5.73 Å². The molecule has 0 radical (unpaired) electrons. The van der Waals surface area contributed by atoms with Gasteiger partial charge in [0.15, 0.2) is 0 Å². The number of rotatable bonds is 3. The predicted octanol–water partition coefficient (Wildman–Crippen LogP) is 2.69. The van der Waals surface area contributed by atoms with E-state index in [1.807, 2.05) is 29.6 Å². The van der Waals surface area contributed by atoms with E-state index in [2.05, 4.69) is 11.8 Å². The molecule has 2 rings (SSSR count). The second-order valence-corrected chi connectivity index (χ2v) is 5.34. The Hall–Kier alpha value is -2.29. The van der Waals surface area contributed by atoms with Crippen LogP contribution in [0.5, 0.6) is 5.75 Å². The largest absolute Gasteiger partial charge is 0.415 e. The van der Waals surface area contributed by atoms with E-state index in [9.17, 15) is 4.79 Å². The van der Waals surface area contributed by atoms with Crippen molar-refractivity contribution >= 4 is 17.4 Å². The minimum Gasteiger partial charge on any atom is -0.410 e. The molecular formula is C16H16N2O2S. The maximum absolute atomic E-state index is 12.0. The van der Waals surface area contributed by atoms with Crippen LogP contribution in [0.2, 0.25) is 0 Å². The Bertz CT molecular complexity index is 656. The van der Waals surface area contributed by atoms with Crippen LogP contribution in [0.15, 0.2) is 41.8 Å². The van der Waals surface area contributed by atoms with Gasteiger partial charge in [0.2, 0.25) is 0 Å². The van der Waals surface area contributed by atoms with Gasteiger partial charge in [-0.2, -0.15) is 0 Å². The van der Waals surface area contributed by atoms with Gasteiger partial charge in [0, 0.05) is 22.9 Å². The summed E-state index contributed by atoms with van der Waals surface area (Å²) in [6.45, 7) is 0.828. The van der Waals surface area contributed by atoms with Gasteiger partial charge in [-0.15, -0.1) is 11.3 Å². The first kappa shape index (κ1) is 15.1. The summed E-state index contributed by atoms with van der Waals surface area (Å²) in [6, 6.07) is 11.0. The number of nitrogens with zero attached hydrogens (tertiary/aromatic N) is 1. The van der Waals surface area contributed by atoms with E-state index in [4.69, 9.17) is 10.5 Å². The van der Waals surface area contributed by atoms with Crippen LogP contribution in [-0.4, -0.2) is 24.6 Å². The molecule has 2 N–H and O–H groups in total. The molecule has 0 unspecified atom stereocenters. The zero-order valence-electron chi connectivity index (χ0n) is 11.7. The van der Waals surface area contributed by atoms with Gasteiger partial charge in [-0.3, -0.25) is 0 Å². The van der Waals surface area contributed by atoms with Crippen molar-refractivity contribution in [1.29, 1.82) is 0 Å². The third-order valence-electron chi connectivity index (χ3n) is 2.64. The molecule has 108 valence electrons. The van der Waals surface area contributed by atoms with Crippen molar-refractivity contribution in [2.45, 2.75) is 6.54 Å². The van der Waals surface area contributed by atoms with Gasteiger partial charge in [0.05, 0.1) is 13.1 Å². The van der Waals surface area contributed by atoms with Crippen molar-refractivity contribution in [2.75, 3.05) is 13.6 Å². The minimum absolute atomic E-state index is 0.342. The summed E-state index contributed by atoms with van der Waals surface area (Å²) in [6.07, 6.45) is -0.385. The fraction of sp³-hybridized carbons (Fsp3) is 0.188. The lowest BCUT2D eigenvalue weighted by atomic mass is 10.3. The van der Waals surface area contributed by atoms with Gasteiger partial charge in [-0.25, -0.2) is 4.79 Å². The van der Waals surface area contributed by atoms with Gasteiger partial charge in [-0.1, -0.05) is 30.0 Å². The van der Waals surface area contributed by atoms with Crippen molar-refractivity contribution in [3.8, 4) is 17.6 Å². The SMILES string of the molecule is CN(Cc1cc(C#CCN)cs1)C(=O)Oc1ccccc1. The number of hydrogen-bond donors (Lipinski definition) is 1. The number of carbonyl (C=O) groups is 1. The number of benzene rings is 1. The van der Waals surface area contributed by atoms with Gasteiger partial charge in [-0.05, 0) is 18.2 Å². The van der Waals surface area contributed by atoms with Gasteiger partial charge >= 0.3 is 6.09 Å². The van der Waals surface area contributed by atoms with Crippen LogP contribution < -0.4 is 10.5 Å². The fourth-order valence-electron chi connectivity index (χ4n) is 1.65. The highest BCUT2D eigenvalue weighted by Gasteiger charge is 2.12. The van der Waals surface area contributed by atoms with E-state index < -0.39 is 0 Å². The highest BCUT2D eigenvalue weighted by atomic mass is 32.1. The third kappa shape index (κ3) is 4.63. The molecule has 0 saturated heterocycles. The number of hydrogen-bond acceptors (Lipinski definition) is 4. The topological polar surface area (TPSA) is 55.6 Å². The molecule has 0 bridgehead atoms. The lowest BCUT2D eigenvalue weighted by Gasteiger charge is -2.15. The molecule has 0 aliphatic rings. The molecule has 0 spiro atoms. The molecule has 1 aromatic carbocycles. The summed E-state index contributed by atoms with van der Waals surface area (Å²) in [5, 5.41) is 1.95. The molecule has 0 aliphatic heterocycles. The molecular weight excluding hydrogens is 284 g/mol. The molecule has 0 fully saturated rings. The number of thiophene rings is 1. The Morgan fingerprint density at radius 2 is 2.14 bits per heavy atom. The second-order valence-electron chi connectivity index (χ2n) is 4.34. The number of amides is 1. The van der Waals surface area contributed by atoms with Crippen LogP contribution in [0, 0.1) is 11.8 Å². The Morgan fingerprint density at radius 1 is 1.38 bits per heavy atom. The lowest BCUT2D eigenvalue weighted by molar-refractivity contribution is 0.161. The first-order valence-corrected chi connectivity index (χ1v) is 7.31. The van der Waals surface area contributed by atoms with E-state index in [-0.39, 0.29) is 6.09 Å². The fourth-order valence-corrected chi connectivity index (χ4v) is 2.52. The maximum atomic E-state index is 12.0. The van der Waals surface area contributed by atoms with Crippen LogP contribution in [0.25, 0.3) is 0 Å². The van der Waals surface area contributed by atoms with Crippen LogP contribution in [0.1, 0.15) is 10.4 Å². The highest BCUT2D eigenvalue weighted by Crippen LogP contribution is 2.17. The molecule has 4 nitrogen and oxygen atoms in total. The Balaban J connectivity index is 1.93. The smallest absolute Gasteiger partial charge is 0.410 e. The summed E-state index contributed by atoms with van der Waals surface area (Å²) >= 11 is 1.56. The molecule has 0 aliphatic carbocycles. The maximum Gasteiger partial charge on any atom is 0.415 e. The van der Waals surface area contributed by atoms with E-state index in [0.29, 0.717) is 18.8 Å². The lowest BCUT2D eigenvalue weighted by Crippen LogP contribution is -2.28. The number of nitrogens with two attached hydrogens (primary N) is 1. The number of carbonyl (C=O) groups excluding carboxylic acids is 1. The monoisotopic (exact) mass is 300 g/mol. The minimum atomic E-state index is -0.385. The van der Waals surface area contributed by atoms with E-state index in [1.54, 1.807) is 30.5 Å². The summed E-state index contributed by atoms with van der Waals surface area (Å²) in [5.74, 6) is 6.31. The molecule has 1 heterocycles. The van der Waals surface area contributed by atoms with Crippen molar-refractivity contribution < 1.29 is 9.53 Å². The Kier molecular flexibility index (Phi) is 5.38. The number of para-hydroxylation sites is 1. The first-order valence-electron chi connectivity index (χ1n) is 6.43. The summed E-state index contributed by atoms with van der Waals surface area (Å²) in [4.78, 5) is 14.5. The zero-order valence-corrected chi connectivity index (χ0v) is 12.5. The normalized spacial score (nSPS) is 9.62. The van der Waals surface area contributed by atoms with Crippen molar-refractivity contribution in [1.82, 2.24) is 4.90 Å². The average Bonchev–Trinajstić information content (AvgIpc) is 2.93. The quantitative estimate of drug-likeness (QED) is 0.887. The second kappa shape index (κ2) is 7.48. The van der Waals surface area contributed by atoms with Crippen molar-refractivity contribution in [3.05, 3.63) is 52.2 Å². The first-order chi connectivity index (χ1) is 10.2. The van der Waals surface area contributed by atoms with Gasteiger partial charge in [0.25, 0.3) is 0 Å². The Morgan fingerprint density at radius 3 is 2.86 bits per heavy atom. The predicted molar refractivity (Wildman–Crippen MR) is 84.2 cm³/mol. The molecule has 1 amide bonds. The molecule has 0 saturated carbocycles. The standard InChI is InChI=1S/C16H16N2O2S/c1-18(16(19)20-14-7-3-2-4-8-14)11-15-10-13(12-21-15)6-5-9-17/h2-4,7-8,10,12H,9,11,17H2,1H3. The summed E-state index contributed by atoms with van der Waals surface area (Å²) in [5.41, 5.74) is 6.26. The van der Waals surface area contributed by atoms with E-state index in [1.165, 1.54) is 4.90 Å². The van der Waals surface area contributed by atoms with Crippen LogP contribution in [-0.2, 0) is 6.54 Å². The summed E-state index contributed by atoms with van der Waals surface area (Å²) in [7, 11) is 1.70. The van der Waals surface area contributed by atoms with Crippen LogP contribution >= 0.6 is 11.3 Å². The van der Waals surface area contributed by atoms with Gasteiger partial charge < -0.3 is 15.4 Å². The van der Waals surface area contributed by atoms with E-state index >= 15 is 0 Å². The highest BCUT2D eigenvalue weighted by molar-refractivity contribution is 7.10.